The monoisotopic (exact) mass is 233 g/mol. The van der Waals surface area contributed by atoms with Gasteiger partial charge in [0, 0.05) is 0 Å². The number of rotatable bonds is 3. The van der Waals surface area contributed by atoms with E-state index in [0.717, 1.165) is 4.90 Å². The molecule has 0 spiro atoms. The molecule has 0 aliphatic carbocycles. The third kappa shape index (κ3) is 1.74. The van der Waals surface area contributed by atoms with Gasteiger partial charge in [-0.1, -0.05) is 19.1 Å². The Bertz CT molecular complexity index is 434. The first-order valence-electron chi connectivity index (χ1n) is 5.73. The summed E-state index contributed by atoms with van der Waals surface area (Å²) in [5.74, 6) is -0.629. The second-order valence-corrected chi connectivity index (χ2v) is 4.24. The fraction of sp³-hybridized carbons (Fsp3) is 0.385. The average Bonchev–Trinajstić information content (AvgIpc) is 2.61. The molecule has 1 aromatic carbocycles. The molecule has 4 nitrogen and oxygen atoms in total. The highest BCUT2D eigenvalue weighted by Crippen LogP contribution is 2.25. The van der Waals surface area contributed by atoms with E-state index in [1.165, 1.54) is 0 Å². The van der Waals surface area contributed by atoms with Crippen molar-refractivity contribution in [1.82, 2.24) is 4.90 Å². The topological polar surface area (TPSA) is 57.6 Å². The normalized spacial score (nSPS) is 18.2. The van der Waals surface area contributed by atoms with Crippen LogP contribution in [0, 0.1) is 0 Å². The van der Waals surface area contributed by atoms with Crippen LogP contribution in [0.5, 0.6) is 0 Å². The highest BCUT2D eigenvalue weighted by Gasteiger charge is 2.39. The van der Waals surface area contributed by atoms with Gasteiger partial charge < -0.3 is 5.11 Å². The van der Waals surface area contributed by atoms with Crippen molar-refractivity contribution in [3.63, 3.8) is 0 Å². The van der Waals surface area contributed by atoms with Crippen molar-refractivity contribution >= 4 is 11.8 Å². The number of amides is 2. The van der Waals surface area contributed by atoms with E-state index < -0.39 is 12.1 Å². The van der Waals surface area contributed by atoms with Crippen LogP contribution in [0.25, 0.3) is 0 Å². The zero-order valence-electron chi connectivity index (χ0n) is 9.88. The summed E-state index contributed by atoms with van der Waals surface area (Å²) in [4.78, 5) is 25.3. The van der Waals surface area contributed by atoms with Gasteiger partial charge in [0.25, 0.3) is 11.8 Å². The van der Waals surface area contributed by atoms with Gasteiger partial charge in [0.1, 0.15) is 0 Å². The van der Waals surface area contributed by atoms with Crippen molar-refractivity contribution in [1.29, 1.82) is 0 Å². The van der Waals surface area contributed by atoms with E-state index in [-0.39, 0.29) is 11.8 Å². The molecule has 2 amide bonds. The van der Waals surface area contributed by atoms with E-state index in [1.54, 1.807) is 31.2 Å². The molecule has 4 heteroatoms. The largest absolute Gasteiger partial charge is 0.391 e. The molecule has 1 aliphatic rings. The van der Waals surface area contributed by atoms with E-state index in [4.69, 9.17) is 0 Å². The zero-order valence-corrected chi connectivity index (χ0v) is 9.88. The van der Waals surface area contributed by atoms with E-state index in [9.17, 15) is 14.7 Å². The van der Waals surface area contributed by atoms with Crippen LogP contribution >= 0.6 is 0 Å². The standard InChI is InChI=1S/C13H15NO3/c1-3-11(15)8(2)14-12(16)9-6-4-5-7-10(9)13(14)17/h4-8,11,15H,3H2,1-2H3/t8-,11+/m0/s1. The number of carbonyl (C=O) groups excluding carboxylic acids is 2. The number of carbonyl (C=O) groups is 2. The number of nitrogens with zero attached hydrogens (tertiary/aromatic N) is 1. The minimum Gasteiger partial charge on any atom is -0.391 e. The summed E-state index contributed by atoms with van der Waals surface area (Å²) in [5.41, 5.74) is 0.848. The summed E-state index contributed by atoms with van der Waals surface area (Å²) in [6, 6.07) is 6.25. The van der Waals surface area contributed by atoms with Crippen LogP contribution < -0.4 is 0 Å². The highest BCUT2D eigenvalue weighted by atomic mass is 16.3. The number of hydrogen-bond acceptors (Lipinski definition) is 3. The lowest BCUT2D eigenvalue weighted by atomic mass is 10.1. The molecular weight excluding hydrogens is 218 g/mol. The van der Waals surface area contributed by atoms with Crippen LogP contribution in [0.1, 0.15) is 41.0 Å². The molecule has 1 heterocycles. The Morgan fingerprint density at radius 1 is 1.18 bits per heavy atom. The number of aliphatic hydroxyl groups is 1. The SMILES string of the molecule is CC[C@@H](O)[C@H](C)N1C(=O)c2ccccc2C1=O. The molecule has 1 N–H and O–H groups in total. The first-order valence-corrected chi connectivity index (χ1v) is 5.73. The van der Waals surface area contributed by atoms with Gasteiger partial charge in [0.2, 0.25) is 0 Å². The highest BCUT2D eigenvalue weighted by molar-refractivity contribution is 6.21. The molecule has 0 fully saturated rings. The van der Waals surface area contributed by atoms with Crippen molar-refractivity contribution in [3.05, 3.63) is 35.4 Å². The Kier molecular flexibility index (Phi) is 2.98. The van der Waals surface area contributed by atoms with E-state index in [1.807, 2.05) is 6.92 Å². The molecule has 0 saturated heterocycles. The van der Waals surface area contributed by atoms with Crippen molar-refractivity contribution in [2.45, 2.75) is 32.4 Å². The van der Waals surface area contributed by atoms with Crippen LogP contribution in [0.4, 0.5) is 0 Å². The quantitative estimate of drug-likeness (QED) is 0.804. The van der Waals surface area contributed by atoms with Gasteiger partial charge in [0.05, 0.1) is 23.3 Å². The summed E-state index contributed by atoms with van der Waals surface area (Å²) < 4.78 is 0. The fourth-order valence-electron chi connectivity index (χ4n) is 2.09. The van der Waals surface area contributed by atoms with Crippen LogP contribution in [0.2, 0.25) is 0 Å². The van der Waals surface area contributed by atoms with E-state index in [2.05, 4.69) is 0 Å². The molecule has 1 aromatic rings. The molecule has 0 unspecified atom stereocenters. The number of aliphatic hydroxyl groups excluding tert-OH is 1. The zero-order chi connectivity index (χ0) is 12.6. The van der Waals surface area contributed by atoms with Gasteiger partial charge in [0.15, 0.2) is 0 Å². The Balaban J connectivity index is 2.36. The maximum atomic E-state index is 12.1. The van der Waals surface area contributed by atoms with Crippen molar-refractivity contribution in [2.24, 2.45) is 0 Å². The Hall–Kier alpha value is -1.68. The van der Waals surface area contributed by atoms with E-state index >= 15 is 0 Å². The average molecular weight is 233 g/mol. The maximum absolute atomic E-state index is 12.1. The van der Waals surface area contributed by atoms with E-state index in [0.29, 0.717) is 17.5 Å². The maximum Gasteiger partial charge on any atom is 0.261 e. The molecule has 2 rings (SSSR count). The number of imide groups is 1. The Labute approximate surface area is 99.9 Å². The van der Waals surface area contributed by atoms with Crippen molar-refractivity contribution < 1.29 is 14.7 Å². The summed E-state index contributed by atoms with van der Waals surface area (Å²) in [5, 5.41) is 9.76. The first kappa shape index (κ1) is 11.8. The molecule has 1 aliphatic heterocycles. The van der Waals surface area contributed by atoms with Crippen molar-refractivity contribution in [3.8, 4) is 0 Å². The predicted octanol–water partition coefficient (Wildman–Crippen LogP) is 1.44. The number of hydrogen-bond donors (Lipinski definition) is 1. The second kappa shape index (κ2) is 4.30. The summed E-state index contributed by atoms with van der Waals surface area (Å²) in [6.45, 7) is 3.51. The lowest BCUT2D eigenvalue weighted by Gasteiger charge is -2.26. The lowest BCUT2D eigenvalue weighted by molar-refractivity contribution is 0.0371. The minimum atomic E-state index is -0.683. The molecule has 17 heavy (non-hydrogen) atoms. The van der Waals surface area contributed by atoms with Gasteiger partial charge in [-0.25, -0.2) is 0 Å². The fourth-order valence-corrected chi connectivity index (χ4v) is 2.09. The summed E-state index contributed by atoms with van der Waals surface area (Å²) >= 11 is 0. The Morgan fingerprint density at radius 2 is 1.65 bits per heavy atom. The van der Waals surface area contributed by atoms with Crippen LogP contribution in [0.3, 0.4) is 0 Å². The smallest absolute Gasteiger partial charge is 0.261 e. The molecular formula is C13H15NO3. The summed E-state index contributed by atoms with van der Waals surface area (Å²) in [6.07, 6.45) is -0.175. The molecule has 0 bridgehead atoms. The number of benzene rings is 1. The van der Waals surface area contributed by atoms with Crippen LogP contribution in [-0.2, 0) is 0 Å². The second-order valence-electron chi connectivity index (χ2n) is 4.24. The van der Waals surface area contributed by atoms with Gasteiger partial charge >= 0.3 is 0 Å². The third-order valence-corrected chi connectivity index (χ3v) is 3.21. The summed E-state index contributed by atoms with van der Waals surface area (Å²) in [7, 11) is 0. The molecule has 2 atom stereocenters. The minimum absolute atomic E-state index is 0.314. The van der Waals surface area contributed by atoms with Gasteiger partial charge in [-0.05, 0) is 25.5 Å². The lowest BCUT2D eigenvalue weighted by Crippen LogP contribution is -2.44. The molecule has 0 saturated carbocycles. The molecule has 0 aromatic heterocycles. The Morgan fingerprint density at radius 3 is 2.06 bits per heavy atom. The number of fused-ring (bicyclic) bond motifs is 1. The predicted molar refractivity (Wildman–Crippen MR) is 62.7 cm³/mol. The van der Waals surface area contributed by atoms with Crippen LogP contribution in [0.15, 0.2) is 24.3 Å². The first-order chi connectivity index (χ1) is 8.07. The van der Waals surface area contributed by atoms with Gasteiger partial charge in [-0.3, -0.25) is 14.5 Å². The van der Waals surface area contributed by atoms with Gasteiger partial charge in [-0.2, -0.15) is 0 Å². The van der Waals surface area contributed by atoms with Crippen LogP contribution in [-0.4, -0.2) is 34.0 Å². The molecule has 0 radical (unpaired) electrons. The molecule has 90 valence electrons. The third-order valence-electron chi connectivity index (χ3n) is 3.21. The van der Waals surface area contributed by atoms with Crippen molar-refractivity contribution in [2.75, 3.05) is 0 Å². The van der Waals surface area contributed by atoms with Gasteiger partial charge in [-0.15, -0.1) is 0 Å².